The van der Waals surface area contributed by atoms with Gasteiger partial charge in [-0.15, -0.1) is 0 Å². The molecule has 90 valence electrons. The molecule has 0 saturated heterocycles. The summed E-state index contributed by atoms with van der Waals surface area (Å²) in [6, 6.07) is 6.60. The molecule has 0 aliphatic rings. The highest BCUT2D eigenvalue weighted by Gasteiger charge is 2.15. The van der Waals surface area contributed by atoms with Crippen LogP contribution in [0.2, 0.25) is 0 Å². The van der Waals surface area contributed by atoms with Crippen molar-refractivity contribution in [2.75, 3.05) is 33.9 Å². The molecular formula is C12H19FN2O. The summed E-state index contributed by atoms with van der Waals surface area (Å²) in [5, 5.41) is 0. The molecule has 1 atom stereocenters. The highest BCUT2D eigenvalue weighted by Crippen LogP contribution is 2.18. The Bertz CT molecular complexity index is 320. The van der Waals surface area contributed by atoms with Crippen molar-refractivity contribution in [1.82, 2.24) is 4.90 Å². The van der Waals surface area contributed by atoms with Gasteiger partial charge in [-0.25, -0.2) is 4.39 Å². The highest BCUT2D eigenvalue weighted by molar-refractivity contribution is 5.20. The van der Waals surface area contributed by atoms with Gasteiger partial charge in [0, 0.05) is 26.2 Å². The van der Waals surface area contributed by atoms with E-state index in [0.29, 0.717) is 13.2 Å². The molecule has 0 spiro atoms. The van der Waals surface area contributed by atoms with E-state index in [1.54, 1.807) is 13.2 Å². The first-order valence-electron chi connectivity index (χ1n) is 5.33. The fraction of sp³-hybridized carbons (Fsp3) is 0.500. The summed E-state index contributed by atoms with van der Waals surface area (Å²) in [4.78, 5) is 2.07. The maximum absolute atomic E-state index is 13.1. The van der Waals surface area contributed by atoms with Crippen LogP contribution < -0.4 is 5.73 Å². The molecule has 0 saturated carbocycles. The summed E-state index contributed by atoms with van der Waals surface area (Å²) in [7, 11) is 3.62. The quantitative estimate of drug-likeness (QED) is 0.797. The Hall–Kier alpha value is -0.970. The Morgan fingerprint density at radius 2 is 2.25 bits per heavy atom. The minimum absolute atomic E-state index is 0.0332. The SMILES string of the molecule is COCCN(C)C(CN)c1cccc(F)c1. The average molecular weight is 226 g/mol. The number of hydrogen-bond donors (Lipinski definition) is 1. The summed E-state index contributed by atoms with van der Waals surface area (Å²) in [6.45, 7) is 1.88. The first kappa shape index (κ1) is 13.1. The Morgan fingerprint density at radius 1 is 1.50 bits per heavy atom. The smallest absolute Gasteiger partial charge is 0.123 e. The van der Waals surface area contributed by atoms with Crippen LogP contribution in [0.3, 0.4) is 0 Å². The minimum atomic E-state index is -0.226. The van der Waals surface area contributed by atoms with Crippen LogP contribution in [0.15, 0.2) is 24.3 Å². The predicted octanol–water partition coefficient (Wildman–Crippen LogP) is 1.40. The monoisotopic (exact) mass is 226 g/mol. The highest BCUT2D eigenvalue weighted by atomic mass is 19.1. The molecule has 1 aromatic rings. The summed E-state index contributed by atoms with van der Waals surface area (Å²) < 4.78 is 18.1. The zero-order valence-electron chi connectivity index (χ0n) is 9.82. The van der Waals surface area contributed by atoms with E-state index < -0.39 is 0 Å². The third-order valence-corrected chi connectivity index (χ3v) is 2.64. The molecule has 1 rings (SSSR count). The lowest BCUT2D eigenvalue weighted by Gasteiger charge is -2.27. The first-order chi connectivity index (χ1) is 7.69. The van der Waals surface area contributed by atoms with Crippen LogP contribution in [0.4, 0.5) is 4.39 Å². The van der Waals surface area contributed by atoms with Gasteiger partial charge in [-0.3, -0.25) is 4.90 Å². The van der Waals surface area contributed by atoms with E-state index in [9.17, 15) is 4.39 Å². The number of methoxy groups -OCH3 is 1. The van der Waals surface area contributed by atoms with E-state index in [1.165, 1.54) is 12.1 Å². The van der Waals surface area contributed by atoms with Crippen molar-refractivity contribution in [3.8, 4) is 0 Å². The summed E-state index contributed by atoms with van der Waals surface area (Å²) in [6.07, 6.45) is 0. The number of hydrogen-bond acceptors (Lipinski definition) is 3. The zero-order valence-corrected chi connectivity index (χ0v) is 9.82. The molecule has 16 heavy (non-hydrogen) atoms. The molecule has 0 fully saturated rings. The molecule has 0 bridgehead atoms. The molecule has 4 heteroatoms. The van der Waals surface area contributed by atoms with Gasteiger partial charge in [0.05, 0.1) is 6.61 Å². The van der Waals surface area contributed by atoms with Gasteiger partial charge < -0.3 is 10.5 Å². The second kappa shape index (κ2) is 6.58. The van der Waals surface area contributed by atoms with Crippen molar-refractivity contribution in [3.05, 3.63) is 35.6 Å². The molecule has 0 aliphatic heterocycles. The third-order valence-electron chi connectivity index (χ3n) is 2.64. The van der Waals surface area contributed by atoms with Crippen LogP contribution in [-0.2, 0) is 4.74 Å². The van der Waals surface area contributed by atoms with Gasteiger partial charge in [0.1, 0.15) is 5.82 Å². The predicted molar refractivity (Wildman–Crippen MR) is 62.7 cm³/mol. The van der Waals surface area contributed by atoms with Crippen molar-refractivity contribution in [1.29, 1.82) is 0 Å². The Labute approximate surface area is 96.0 Å². The van der Waals surface area contributed by atoms with Crippen LogP contribution in [0.5, 0.6) is 0 Å². The van der Waals surface area contributed by atoms with Crippen molar-refractivity contribution in [3.63, 3.8) is 0 Å². The average Bonchev–Trinajstić information content (AvgIpc) is 2.27. The lowest BCUT2D eigenvalue weighted by molar-refractivity contribution is 0.140. The maximum atomic E-state index is 13.1. The third kappa shape index (κ3) is 3.56. The second-order valence-corrected chi connectivity index (χ2v) is 3.78. The van der Waals surface area contributed by atoms with E-state index >= 15 is 0 Å². The van der Waals surface area contributed by atoms with Crippen LogP contribution >= 0.6 is 0 Å². The standard InChI is InChI=1S/C12H19FN2O/c1-15(6-7-16-2)12(9-14)10-4-3-5-11(13)8-10/h3-5,8,12H,6-7,9,14H2,1-2H3. The molecule has 0 radical (unpaired) electrons. The Kier molecular flexibility index (Phi) is 5.38. The number of nitrogens with zero attached hydrogens (tertiary/aromatic N) is 1. The number of rotatable bonds is 6. The van der Waals surface area contributed by atoms with Crippen molar-refractivity contribution in [2.24, 2.45) is 5.73 Å². The van der Waals surface area contributed by atoms with Crippen LogP contribution in [0.1, 0.15) is 11.6 Å². The number of nitrogens with two attached hydrogens (primary N) is 1. The summed E-state index contributed by atoms with van der Waals surface area (Å²) >= 11 is 0. The lowest BCUT2D eigenvalue weighted by atomic mass is 10.1. The number of benzene rings is 1. The van der Waals surface area contributed by atoms with Crippen molar-refractivity contribution < 1.29 is 9.13 Å². The molecule has 0 amide bonds. The largest absolute Gasteiger partial charge is 0.383 e. The Balaban J connectivity index is 2.73. The molecule has 3 nitrogen and oxygen atoms in total. The summed E-state index contributed by atoms with van der Waals surface area (Å²) in [5.74, 6) is -0.226. The van der Waals surface area contributed by atoms with Gasteiger partial charge in [-0.05, 0) is 24.7 Å². The molecule has 0 heterocycles. The van der Waals surface area contributed by atoms with Crippen molar-refractivity contribution >= 4 is 0 Å². The number of halogens is 1. The maximum Gasteiger partial charge on any atom is 0.123 e. The molecule has 1 unspecified atom stereocenters. The topological polar surface area (TPSA) is 38.5 Å². The first-order valence-corrected chi connectivity index (χ1v) is 5.33. The van der Waals surface area contributed by atoms with Crippen LogP contribution in [0, 0.1) is 5.82 Å². The number of likely N-dealkylation sites (N-methyl/N-ethyl adjacent to an activating group) is 1. The van der Waals surface area contributed by atoms with E-state index in [2.05, 4.69) is 4.90 Å². The number of ether oxygens (including phenoxy) is 1. The van der Waals surface area contributed by atoms with Crippen LogP contribution in [0.25, 0.3) is 0 Å². The van der Waals surface area contributed by atoms with Gasteiger partial charge in [0.2, 0.25) is 0 Å². The van der Waals surface area contributed by atoms with Gasteiger partial charge >= 0.3 is 0 Å². The summed E-state index contributed by atoms with van der Waals surface area (Å²) in [5.41, 5.74) is 6.63. The van der Waals surface area contributed by atoms with E-state index in [-0.39, 0.29) is 11.9 Å². The van der Waals surface area contributed by atoms with Crippen LogP contribution in [-0.4, -0.2) is 38.8 Å². The van der Waals surface area contributed by atoms with Gasteiger partial charge in [0.25, 0.3) is 0 Å². The molecular weight excluding hydrogens is 207 g/mol. The molecule has 1 aromatic carbocycles. The molecule has 0 aromatic heterocycles. The van der Waals surface area contributed by atoms with E-state index in [4.69, 9.17) is 10.5 Å². The van der Waals surface area contributed by atoms with E-state index in [1.807, 2.05) is 13.1 Å². The molecule has 2 N–H and O–H groups in total. The Morgan fingerprint density at radius 3 is 2.81 bits per heavy atom. The zero-order chi connectivity index (χ0) is 12.0. The van der Waals surface area contributed by atoms with Gasteiger partial charge in [0.15, 0.2) is 0 Å². The van der Waals surface area contributed by atoms with Gasteiger partial charge in [-0.2, -0.15) is 0 Å². The second-order valence-electron chi connectivity index (χ2n) is 3.78. The van der Waals surface area contributed by atoms with E-state index in [0.717, 1.165) is 12.1 Å². The normalized spacial score (nSPS) is 13.1. The minimum Gasteiger partial charge on any atom is -0.383 e. The lowest BCUT2D eigenvalue weighted by Crippen LogP contribution is -2.33. The van der Waals surface area contributed by atoms with Crippen molar-refractivity contribution in [2.45, 2.75) is 6.04 Å². The fourth-order valence-electron chi connectivity index (χ4n) is 1.68. The van der Waals surface area contributed by atoms with Gasteiger partial charge in [-0.1, -0.05) is 12.1 Å². The fourth-order valence-corrected chi connectivity index (χ4v) is 1.68. The molecule has 0 aliphatic carbocycles.